The number of rotatable bonds is 9. The van der Waals surface area contributed by atoms with Crippen LogP contribution in [0.3, 0.4) is 0 Å². The smallest absolute Gasteiger partial charge is 0.0754 e. The van der Waals surface area contributed by atoms with Gasteiger partial charge in [0.25, 0.3) is 0 Å². The summed E-state index contributed by atoms with van der Waals surface area (Å²) >= 11 is 0. The van der Waals surface area contributed by atoms with Gasteiger partial charge in [0.15, 0.2) is 0 Å². The summed E-state index contributed by atoms with van der Waals surface area (Å²) in [4.78, 5) is 4.94. The molecule has 0 radical (unpaired) electrons. The van der Waals surface area contributed by atoms with E-state index in [-0.39, 0.29) is 0 Å². The molecule has 1 aliphatic heterocycles. The van der Waals surface area contributed by atoms with Crippen molar-refractivity contribution in [1.82, 2.24) is 0 Å². The number of benzene rings is 12. The Morgan fingerprint density at radius 1 is 0.263 bits per heavy atom. The minimum absolute atomic E-state index is 0.539. The first kappa shape index (κ1) is 43.8. The molecule has 0 saturated heterocycles. The lowest BCUT2D eigenvalue weighted by molar-refractivity contribution is 0.754. The van der Waals surface area contributed by atoms with E-state index in [2.05, 4.69) is 313 Å². The van der Waals surface area contributed by atoms with E-state index in [1.54, 1.807) is 0 Å². The summed E-state index contributed by atoms with van der Waals surface area (Å²) in [6.07, 6.45) is 0. The summed E-state index contributed by atoms with van der Waals surface area (Å²) in [6.45, 7) is 0. The van der Waals surface area contributed by atoms with Crippen LogP contribution < -0.4 is 9.80 Å². The lowest BCUT2D eigenvalue weighted by atomic mass is 9.64. The Morgan fingerprint density at radius 3 is 1.43 bits per heavy atom. The lowest BCUT2D eigenvalue weighted by Gasteiger charge is -2.44. The van der Waals surface area contributed by atoms with Gasteiger partial charge in [-0.3, -0.25) is 0 Å². The Balaban J connectivity index is 0.912. The fourth-order valence-corrected chi connectivity index (χ4v) is 13.5. The molecule has 3 aliphatic rings. The van der Waals surface area contributed by atoms with Crippen LogP contribution in [0.2, 0.25) is 0 Å². The van der Waals surface area contributed by atoms with Gasteiger partial charge < -0.3 is 9.80 Å². The van der Waals surface area contributed by atoms with E-state index in [1.165, 1.54) is 89.3 Å². The molecule has 1 heterocycles. The van der Waals surface area contributed by atoms with Crippen molar-refractivity contribution in [2.75, 3.05) is 9.80 Å². The van der Waals surface area contributed by atoms with Crippen molar-refractivity contribution in [2.24, 2.45) is 0 Å². The van der Waals surface area contributed by atoms with Crippen molar-refractivity contribution in [3.8, 4) is 44.5 Å². The fourth-order valence-electron chi connectivity index (χ4n) is 13.5. The van der Waals surface area contributed by atoms with Crippen LogP contribution in [0, 0.1) is 0 Å². The average Bonchev–Trinajstić information content (AvgIpc) is 4.20. The van der Waals surface area contributed by atoms with E-state index in [0.717, 1.165) is 33.9 Å². The molecule has 2 nitrogen and oxygen atoms in total. The normalized spacial score (nSPS) is 15.0. The number of hydrogen-bond acceptors (Lipinski definition) is 2. The number of para-hydroxylation sites is 3. The molecule has 0 amide bonds. The molecule has 0 spiro atoms. The maximum absolute atomic E-state index is 2.49. The van der Waals surface area contributed by atoms with Crippen LogP contribution >= 0.6 is 0 Å². The molecule has 0 aromatic heterocycles. The van der Waals surface area contributed by atoms with Crippen LogP contribution in [0.1, 0.15) is 44.5 Å². The first-order chi connectivity index (χ1) is 37.7. The van der Waals surface area contributed by atoms with Gasteiger partial charge in [-0.2, -0.15) is 0 Å². The van der Waals surface area contributed by atoms with Crippen LogP contribution in [0.15, 0.2) is 303 Å². The van der Waals surface area contributed by atoms with Crippen LogP contribution in [0.25, 0.3) is 44.5 Å². The van der Waals surface area contributed by atoms with Crippen LogP contribution in [-0.2, 0) is 10.8 Å². The molecule has 0 saturated carbocycles. The van der Waals surface area contributed by atoms with Crippen molar-refractivity contribution in [2.45, 2.75) is 10.8 Å². The molecule has 2 aliphatic carbocycles. The third-order valence-electron chi connectivity index (χ3n) is 16.5. The molecule has 356 valence electrons. The Labute approximate surface area is 444 Å². The standard InChI is InChI=1S/C74H50N2/c1-6-23-52(24-7-1)60-33-17-20-38-69(60)75(59-46-48-62-61-34-16-18-36-65(61)73(68(62)50-59,54-25-8-2-9-26-54)55-27-10-3-11-28-55)58-44-41-51(42-45-58)53-43-47-63-64-35-22-40-71-72(64)74(67(63)49-53,56-29-12-4-13-30-56)66-37-19-21-39-70(66)76(71)57-31-14-5-15-32-57/h1-50H. The van der Waals surface area contributed by atoms with Crippen molar-refractivity contribution in [3.63, 3.8) is 0 Å². The topological polar surface area (TPSA) is 6.48 Å². The number of anilines is 6. The second-order valence-corrected chi connectivity index (χ2v) is 20.3. The molecule has 76 heavy (non-hydrogen) atoms. The maximum atomic E-state index is 2.49. The van der Waals surface area contributed by atoms with E-state index < -0.39 is 10.8 Å². The van der Waals surface area contributed by atoms with E-state index in [9.17, 15) is 0 Å². The first-order valence-corrected chi connectivity index (χ1v) is 26.4. The molecule has 0 N–H and O–H groups in total. The molecule has 1 unspecified atom stereocenters. The Bertz CT molecular complexity index is 4110. The van der Waals surface area contributed by atoms with Crippen molar-refractivity contribution in [1.29, 1.82) is 0 Å². The maximum Gasteiger partial charge on any atom is 0.0754 e. The molecule has 0 fully saturated rings. The minimum Gasteiger partial charge on any atom is -0.310 e. The van der Waals surface area contributed by atoms with Gasteiger partial charge in [0.05, 0.1) is 27.9 Å². The van der Waals surface area contributed by atoms with Crippen LogP contribution in [-0.4, -0.2) is 0 Å². The van der Waals surface area contributed by atoms with Gasteiger partial charge >= 0.3 is 0 Å². The predicted octanol–water partition coefficient (Wildman–Crippen LogP) is 19.0. The summed E-state index contributed by atoms with van der Waals surface area (Å²) in [6, 6.07) is 112. The quantitative estimate of drug-likeness (QED) is 0.142. The second-order valence-electron chi connectivity index (χ2n) is 20.3. The molecule has 12 aromatic carbocycles. The monoisotopic (exact) mass is 966 g/mol. The van der Waals surface area contributed by atoms with Gasteiger partial charge in [0.1, 0.15) is 0 Å². The second kappa shape index (κ2) is 17.4. The lowest BCUT2D eigenvalue weighted by Crippen LogP contribution is -2.35. The summed E-state index contributed by atoms with van der Waals surface area (Å²) in [5.41, 5.74) is 25.8. The highest BCUT2D eigenvalue weighted by molar-refractivity contribution is 6.00. The summed E-state index contributed by atoms with van der Waals surface area (Å²) in [5, 5.41) is 0. The fraction of sp³-hybridized carbons (Fsp3) is 0.0270. The van der Waals surface area contributed by atoms with E-state index >= 15 is 0 Å². The third-order valence-corrected chi connectivity index (χ3v) is 16.5. The number of fused-ring (bicyclic) bond motifs is 8. The van der Waals surface area contributed by atoms with Crippen LogP contribution in [0.5, 0.6) is 0 Å². The summed E-state index contributed by atoms with van der Waals surface area (Å²) in [5.74, 6) is 0. The third kappa shape index (κ3) is 6.34. The van der Waals surface area contributed by atoms with E-state index in [0.29, 0.717) is 0 Å². The van der Waals surface area contributed by atoms with Crippen LogP contribution in [0.4, 0.5) is 34.1 Å². The molecule has 1 atom stereocenters. The largest absolute Gasteiger partial charge is 0.310 e. The van der Waals surface area contributed by atoms with Gasteiger partial charge in [0.2, 0.25) is 0 Å². The average molecular weight is 967 g/mol. The zero-order valence-corrected chi connectivity index (χ0v) is 41.8. The molecular formula is C74H50N2. The Kier molecular flexibility index (Phi) is 10.0. The van der Waals surface area contributed by atoms with Crippen molar-refractivity contribution in [3.05, 3.63) is 348 Å². The molecule has 12 aromatic rings. The summed E-state index contributed by atoms with van der Waals surface area (Å²) in [7, 11) is 0. The number of nitrogens with zero attached hydrogens (tertiary/aromatic N) is 2. The molecule has 2 heteroatoms. The van der Waals surface area contributed by atoms with Gasteiger partial charge in [-0.25, -0.2) is 0 Å². The predicted molar refractivity (Wildman–Crippen MR) is 315 cm³/mol. The Hall–Kier alpha value is -9.76. The van der Waals surface area contributed by atoms with Gasteiger partial charge in [-0.15, -0.1) is 0 Å². The molecular weight excluding hydrogens is 917 g/mol. The van der Waals surface area contributed by atoms with E-state index in [4.69, 9.17) is 0 Å². The zero-order valence-electron chi connectivity index (χ0n) is 41.8. The first-order valence-electron chi connectivity index (χ1n) is 26.4. The van der Waals surface area contributed by atoms with Crippen molar-refractivity contribution >= 4 is 34.1 Å². The van der Waals surface area contributed by atoms with Gasteiger partial charge in [-0.05, 0) is 139 Å². The Morgan fingerprint density at radius 2 is 0.737 bits per heavy atom. The SMILES string of the molecule is c1ccc(-c2ccccc2N(c2ccc(-c3ccc4c(c3)C3(c5ccccc5)c5ccccc5N(c5ccccc5)c5cccc-4c53)cc2)c2ccc3c(c2)C(c2ccccc2)(c2ccccc2)c2ccccc2-3)cc1. The van der Waals surface area contributed by atoms with Gasteiger partial charge in [0, 0.05) is 28.2 Å². The molecule has 15 rings (SSSR count). The highest BCUT2D eigenvalue weighted by Gasteiger charge is 2.53. The van der Waals surface area contributed by atoms with Crippen molar-refractivity contribution < 1.29 is 0 Å². The zero-order chi connectivity index (χ0) is 50.2. The van der Waals surface area contributed by atoms with E-state index in [1.807, 2.05) is 0 Å². The molecule has 0 bridgehead atoms. The highest BCUT2D eigenvalue weighted by atomic mass is 15.2. The van der Waals surface area contributed by atoms with Gasteiger partial charge in [-0.1, -0.05) is 243 Å². The summed E-state index contributed by atoms with van der Waals surface area (Å²) < 4.78 is 0. The minimum atomic E-state index is -0.541. The number of hydrogen-bond donors (Lipinski definition) is 0. The highest BCUT2D eigenvalue weighted by Crippen LogP contribution is 2.65.